The Hall–Kier alpha value is -1.77. The van der Waals surface area contributed by atoms with Gasteiger partial charge in [-0.25, -0.2) is 13.1 Å². The number of hydrogen-bond acceptors (Lipinski definition) is 3. The molecule has 1 N–H and O–H groups in total. The fourth-order valence-electron chi connectivity index (χ4n) is 1.89. The molecule has 24 heavy (non-hydrogen) atoms. The van der Waals surface area contributed by atoms with Crippen molar-refractivity contribution >= 4 is 21.6 Å². The zero-order chi connectivity index (χ0) is 17.8. The zero-order valence-electron chi connectivity index (χ0n) is 12.2. The Morgan fingerprint density at radius 1 is 1.04 bits per heavy atom. The Morgan fingerprint density at radius 3 is 2.29 bits per heavy atom. The van der Waals surface area contributed by atoms with Gasteiger partial charge >= 0.3 is 6.18 Å². The molecule has 0 saturated heterocycles. The van der Waals surface area contributed by atoms with E-state index in [0.717, 1.165) is 18.2 Å². The maximum Gasteiger partial charge on any atom is 0.417 e. The van der Waals surface area contributed by atoms with E-state index in [1.807, 2.05) is 0 Å². The summed E-state index contributed by atoms with van der Waals surface area (Å²) in [7, 11) is -4.31. The van der Waals surface area contributed by atoms with Crippen molar-refractivity contribution in [3.8, 4) is 5.75 Å². The molecular weight excluding hydrogens is 367 g/mol. The third kappa shape index (κ3) is 4.86. The summed E-state index contributed by atoms with van der Waals surface area (Å²) in [6.45, 7) is -0.230. The van der Waals surface area contributed by atoms with Crippen molar-refractivity contribution in [1.29, 1.82) is 0 Å². The first-order valence-corrected chi connectivity index (χ1v) is 8.60. The van der Waals surface area contributed by atoms with Crippen molar-refractivity contribution in [2.75, 3.05) is 13.2 Å². The largest absolute Gasteiger partial charge is 0.492 e. The summed E-state index contributed by atoms with van der Waals surface area (Å²) < 4.78 is 70.2. The molecule has 0 radical (unpaired) electrons. The van der Waals surface area contributed by atoms with Crippen LogP contribution in [0.4, 0.5) is 13.2 Å². The monoisotopic (exact) mass is 379 g/mol. The highest BCUT2D eigenvalue weighted by Gasteiger charge is 2.36. The molecule has 0 aromatic heterocycles. The maximum atomic E-state index is 12.9. The summed E-state index contributed by atoms with van der Waals surface area (Å²) in [5.41, 5.74) is -1.21. The molecule has 0 aliphatic carbocycles. The normalized spacial score (nSPS) is 12.2. The number of halogens is 4. The van der Waals surface area contributed by atoms with Gasteiger partial charge in [-0.2, -0.15) is 13.2 Å². The van der Waals surface area contributed by atoms with Gasteiger partial charge in [-0.3, -0.25) is 0 Å². The maximum absolute atomic E-state index is 12.9. The lowest BCUT2D eigenvalue weighted by Gasteiger charge is -2.14. The summed E-state index contributed by atoms with van der Waals surface area (Å²) in [6.07, 6.45) is -4.76. The number of alkyl halides is 3. The molecule has 0 amide bonds. The van der Waals surface area contributed by atoms with Crippen LogP contribution in [0.5, 0.6) is 5.75 Å². The highest BCUT2D eigenvalue weighted by atomic mass is 35.5. The van der Waals surface area contributed by atoms with Gasteiger partial charge in [-0.05, 0) is 36.4 Å². The summed E-state index contributed by atoms with van der Waals surface area (Å²) in [4.78, 5) is -0.816. The predicted octanol–water partition coefficient (Wildman–Crippen LogP) is 3.72. The van der Waals surface area contributed by atoms with Crippen molar-refractivity contribution in [3.63, 3.8) is 0 Å². The number of benzene rings is 2. The van der Waals surface area contributed by atoms with Crippen molar-refractivity contribution < 1.29 is 26.3 Å². The first-order chi connectivity index (χ1) is 11.2. The van der Waals surface area contributed by atoms with E-state index in [0.29, 0.717) is 10.8 Å². The van der Waals surface area contributed by atoms with Crippen LogP contribution in [-0.4, -0.2) is 21.6 Å². The van der Waals surface area contributed by atoms with Gasteiger partial charge in [-0.1, -0.05) is 23.7 Å². The smallest absolute Gasteiger partial charge is 0.417 e. The van der Waals surface area contributed by atoms with Crippen LogP contribution in [0.2, 0.25) is 5.02 Å². The first-order valence-electron chi connectivity index (χ1n) is 6.74. The fourth-order valence-corrected chi connectivity index (χ4v) is 3.25. The van der Waals surface area contributed by atoms with Crippen LogP contribution < -0.4 is 9.46 Å². The molecule has 130 valence electrons. The average Bonchev–Trinajstić information content (AvgIpc) is 2.52. The van der Waals surface area contributed by atoms with Crippen molar-refractivity contribution in [2.45, 2.75) is 11.1 Å². The lowest BCUT2D eigenvalue weighted by molar-refractivity contribution is -0.139. The van der Waals surface area contributed by atoms with Crippen molar-refractivity contribution in [3.05, 3.63) is 59.1 Å². The Kier molecular flexibility index (Phi) is 5.74. The van der Waals surface area contributed by atoms with Gasteiger partial charge in [0, 0.05) is 11.6 Å². The second kappa shape index (κ2) is 7.42. The van der Waals surface area contributed by atoms with Gasteiger partial charge < -0.3 is 4.74 Å². The molecular formula is C15H13ClF3NO3S. The average molecular weight is 380 g/mol. The third-order valence-electron chi connectivity index (χ3n) is 2.96. The van der Waals surface area contributed by atoms with Crippen LogP contribution >= 0.6 is 11.6 Å². The van der Waals surface area contributed by atoms with Gasteiger partial charge in [0.25, 0.3) is 0 Å². The van der Waals surface area contributed by atoms with Gasteiger partial charge in [-0.15, -0.1) is 0 Å². The van der Waals surface area contributed by atoms with Gasteiger partial charge in [0.15, 0.2) is 0 Å². The minimum Gasteiger partial charge on any atom is -0.492 e. The van der Waals surface area contributed by atoms with Crippen LogP contribution in [0.25, 0.3) is 0 Å². The number of ether oxygens (including phenoxy) is 1. The van der Waals surface area contributed by atoms with Crippen molar-refractivity contribution in [2.24, 2.45) is 0 Å². The van der Waals surface area contributed by atoms with E-state index in [1.165, 1.54) is 6.07 Å². The van der Waals surface area contributed by atoms with E-state index in [2.05, 4.69) is 4.72 Å². The van der Waals surface area contributed by atoms with Crippen LogP contribution in [0.15, 0.2) is 53.4 Å². The SMILES string of the molecule is O=S(=O)(NCCOc1ccc(Cl)cc1)c1ccccc1C(F)(F)F. The van der Waals surface area contributed by atoms with Gasteiger partial charge in [0.2, 0.25) is 10.0 Å². The van der Waals surface area contributed by atoms with E-state index in [1.54, 1.807) is 24.3 Å². The minimum atomic E-state index is -4.76. The standard InChI is InChI=1S/C15H13ClF3NO3S/c16-11-5-7-12(8-6-11)23-10-9-20-24(21,22)14-4-2-1-3-13(14)15(17,18)19/h1-8,20H,9-10H2. The summed E-state index contributed by atoms with van der Waals surface area (Å²) in [6, 6.07) is 10.4. The quantitative estimate of drug-likeness (QED) is 0.778. The molecule has 0 fully saturated rings. The lowest BCUT2D eigenvalue weighted by atomic mass is 10.2. The summed E-state index contributed by atoms with van der Waals surface area (Å²) in [5, 5.41) is 0.520. The predicted molar refractivity (Wildman–Crippen MR) is 83.6 cm³/mol. The Bertz CT molecular complexity index is 792. The van der Waals surface area contributed by atoms with Gasteiger partial charge in [0.1, 0.15) is 12.4 Å². The second-order valence-electron chi connectivity index (χ2n) is 4.69. The zero-order valence-corrected chi connectivity index (χ0v) is 13.8. The minimum absolute atomic E-state index is 0.0466. The second-order valence-corrected chi connectivity index (χ2v) is 6.87. The number of hydrogen-bond donors (Lipinski definition) is 1. The highest BCUT2D eigenvalue weighted by Crippen LogP contribution is 2.33. The van der Waals surface area contributed by atoms with Crippen molar-refractivity contribution in [1.82, 2.24) is 4.72 Å². The Labute approximate surface area is 142 Å². The topological polar surface area (TPSA) is 55.4 Å². The molecule has 2 rings (SSSR count). The number of nitrogens with one attached hydrogen (secondary N) is 1. The van der Waals surface area contributed by atoms with E-state index < -0.39 is 26.7 Å². The molecule has 9 heteroatoms. The first kappa shape index (κ1) is 18.6. The number of rotatable bonds is 6. The third-order valence-corrected chi connectivity index (χ3v) is 4.73. The molecule has 0 bridgehead atoms. The molecule has 0 unspecified atom stereocenters. The van der Waals surface area contributed by atoms with Crippen LogP contribution in [-0.2, 0) is 16.2 Å². The highest BCUT2D eigenvalue weighted by molar-refractivity contribution is 7.89. The molecule has 2 aromatic carbocycles. The van der Waals surface area contributed by atoms with E-state index >= 15 is 0 Å². The lowest BCUT2D eigenvalue weighted by Crippen LogP contribution is -2.30. The molecule has 0 atom stereocenters. The molecule has 0 aliphatic heterocycles. The molecule has 0 saturated carbocycles. The van der Waals surface area contributed by atoms with E-state index in [-0.39, 0.29) is 13.2 Å². The summed E-state index contributed by atoms with van der Waals surface area (Å²) in [5.74, 6) is 0.467. The Balaban J connectivity index is 2.01. The molecule has 2 aromatic rings. The number of sulfonamides is 1. The van der Waals surface area contributed by atoms with E-state index in [9.17, 15) is 21.6 Å². The van der Waals surface area contributed by atoms with Crippen LogP contribution in [0.3, 0.4) is 0 Å². The summed E-state index contributed by atoms with van der Waals surface area (Å²) >= 11 is 5.71. The van der Waals surface area contributed by atoms with E-state index in [4.69, 9.17) is 16.3 Å². The Morgan fingerprint density at radius 2 is 1.67 bits per heavy atom. The van der Waals surface area contributed by atoms with Crippen LogP contribution in [0.1, 0.15) is 5.56 Å². The molecule has 0 aliphatic rings. The van der Waals surface area contributed by atoms with Crippen LogP contribution in [0, 0.1) is 0 Å². The molecule has 4 nitrogen and oxygen atoms in total. The molecule has 0 heterocycles. The fraction of sp³-hybridized carbons (Fsp3) is 0.200. The molecule has 0 spiro atoms. The van der Waals surface area contributed by atoms with Gasteiger partial charge in [0.05, 0.1) is 10.5 Å².